The lowest BCUT2D eigenvalue weighted by molar-refractivity contribution is -0.126. The lowest BCUT2D eigenvalue weighted by Gasteiger charge is -2.43. The molecule has 2 amide bonds. The SMILES string of the molecule is CC(C)C1CC1(NC(=O)[C@@H](NC(=O)c1ccc(-c2ccccc2)cc1)[C@@H](C)O)B1O[C@@H]2CCC(C)(C)C[C@]2(C)O1. The Hall–Kier alpha value is -2.68. The summed E-state index contributed by atoms with van der Waals surface area (Å²) in [6.07, 6.45) is 2.51. The Morgan fingerprint density at radius 3 is 2.25 bits per heavy atom. The van der Waals surface area contributed by atoms with Crippen LogP contribution in [-0.4, -0.2) is 53.3 Å². The van der Waals surface area contributed by atoms with E-state index in [-0.39, 0.29) is 17.4 Å². The Kier molecular flexibility index (Phi) is 7.66. The number of carbonyl (C=O) groups excluding carboxylic acids is 2. The number of amides is 2. The molecule has 0 bridgehead atoms. The molecule has 0 spiro atoms. The number of nitrogens with one attached hydrogen (secondary N) is 2. The number of aliphatic hydroxyl groups is 1. The maximum atomic E-state index is 13.7. The third kappa shape index (κ3) is 5.59. The summed E-state index contributed by atoms with van der Waals surface area (Å²) in [7, 11) is -0.566. The normalized spacial score (nSPS) is 30.4. The van der Waals surface area contributed by atoms with Crippen LogP contribution in [0, 0.1) is 17.3 Å². The van der Waals surface area contributed by atoms with Crippen molar-refractivity contribution in [2.75, 3.05) is 0 Å². The van der Waals surface area contributed by atoms with Gasteiger partial charge in [0.25, 0.3) is 5.91 Å². The molecule has 7 nitrogen and oxygen atoms in total. The maximum Gasteiger partial charge on any atom is 0.485 e. The predicted molar refractivity (Wildman–Crippen MR) is 156 cm³/mol. The van der Waals surface area contributed by atoms with Gasteiger partial charge < -0.3 is 25.0 Å². The summed E-state index contributed by atoms with van der Waals surface area (Å²) in [4.78, 5) is 26.8. The average molecular weight is 547 g/mol. The summed E-state index contributed by atoms with van der Waals surface area (Å²) in [5.41, 5.74) is 1.54. The molecule has 1 heterocycles. The molecular weight excluding hydrogens is 503 g/mol. The fraction of sp³-hybridized carbons (Fsp3) is 0.562. The van der Waals surface area contributed by atoms with Gasteiger partial charge in [-0.25, -0.2) is 0 Å². The summed E-state index contributed by atoms with van der Waals surface area (Å²) < 4.78 is 13.2. The van der Waals surface area contributed by atoms with Crippen molar-refractivity contribution in [3.63, 3.8) is 0 Å². The van der Waals surface area contributed by atoms with Gasteiger partial charge in [0.2, 0.25) is 5.91 Å². The average Bonchev–Trinajstić information content (AvgIpc) is 3.53. The summed E-state index contributed by atoms with van der Waals surface area (Å²) in [6, 6.07) is 16.0. The summed E-state index contributed by atoms with van der Waals surface area (Å²) >= 11 is 0. The van der Waals surface area contributed by atoms with Gasteiger partial charge in [-0.15, -0.1) is 0 Å². The second-order valence-corrected chi connectivity index (χ2v) is 13.5. The quantitative estimate of drug-likeness (QED) is 0.415. The zero-order valence-electron chi connectivity index (χ0n) is 24.6. The lowest BCUT2D eigenvalue weighted by Crippen LogP contribution is -2.60. The topological polar surface area (TPSA) is 96.9 Å². The Balaban J connectivity index is 1.30. The highest BCUT2D eigenvalue weighted by atomic mass is 16.7. The molecule has 6 atom stereocenters. The Bertz CT molecular complexity index is 1230. The molecule has 214 valence electrons. The molecule has 0 radical (unpaired) electrons. The fourth-order valence-corrected chi connectivity index (χ4v) is 6.95. The van der Waals surface area contributed by atoms with Gasteiger partial charge in [0.15, 0.2) is 0 Å². The first-order valence-corrected chi connectivity index (χ1v) is 14.6. The highest BCUT2D eigenvalue weighted by Gasteiger charge is 2.71. The predicted octanol–water partition coefficient (Wildman–Crippen LogP) is 4.78. The molecule has 3 aliphatic rings. The minimum atomic E-state index is -1.12. The van der Waals surface area contributed by atoms with E-state index in [1.807, 2.05) is 42.5 Å². The van der Waals surface area contributed by atoms with Crippen molar-refractivity contribution >= 4 is 18.9 Å². The van der Waals surface area contributed by atoms with E-state index >= 15 is 0 Å². The van der Waals surface area contributed by atoms with Crippen molar-refractivity contribution in [2.24, 2.45) is 17.3 Å². The van der Waals surface area contributed by atoms with Gasteiger partial charge in [0, 0.05) is 5.56 Å². The monoisotopic (exact) mass is 546 g/mol. The molecule has 1 aliphatic heterocycles. The number of rotatable bonds is 8. The van der Waals surface area contributed by atoms with Crippen molar-refractivity contribution in [1.29, 1.82) is 0 Å². The first-order chi connectivity index (χ1) is 18.8. The summed E-state index contributed by atoms with van der Waals surface area (Å²) in [5, 5.41) is 16.5. The number of fused-ring (bicyclic) bond motifs is 1. The number of hydrogen-bond acceptors (Lipinski definition) is 5. The molecule has 2 saturated carbocycles. The first kappa shape index (κ1) is 28.8. The Labute approximate surface area is 238 Å². The molecule has 2 aromatic rings. The molecule has 5 rings (SSSR count). The van der Waals surface area contributed by atoms with Gasteiger partial charge in [-0.05, 0) is 80.0 Å². The van der Waals surface area contributed by atoms with Crippen molar-refractivity contribution in [2.45, 2.75) is 96.5 Å². The van der Waals surface area contributed by atoms with E-state index < -0.39 is 42.1 Å². The van der Waals surface area contributed by atoms with Crippen LogP contribution in [0.4, 0.5) is 0 Å². The molecule has 40 heavy (non-hydrogen) atoms. The second kappa shape index (κ2) is 10.6. The van der Waals surface area contributed by atoms with E-state index in [0.717, 1.165) is 36.8 Å². The van der Waals surface area contributed by atoms with Crippen LogP contribution in [0.15, 0.2) is 54.6 Å². The highest BCUT2D eigenvalue weighted by Crippen LogP contribution is 2.56. The van der Waals surface area contributed by atoms with Crippen molar-refractivity contribution in [3.8, 4) is 11.1 Å². The standard InChI is InChI=1S/C32H43BN2O5/c1-20(2)25-18-32(25,33-39-26-16-17-30(4,5)19-31(26,6)40-33)35-29(38)27(21(3)36)34-28(37)24-14-12-23(13-15-24)22-10-8-7-9-11-22/h7-15,20-21,25-27,36H,16-19H2,1-6H3,(H,34,37)(H,35,38)/t21-,25?,26-,27+,31+,32?/m1/s1. The van der Waals surface area contributed by atoms with Gasteiger partial charge in [0.1, 0.15) is 6.04 Å². The lowest BCUT2D eigenvalue weighted by atomic mass is 9.69. The van der Waals surface area contributed by atoms with Crippen LogP contribution in [0.5, 0.6) is 0 Å². The molecule has 0 aromatic heterocycles. The van der Waals surface area contributed by atoms with Crippen LogP contribution in [0.1, 0.15) is 77.6 Å². The Morgan fingerprint density at radius 2 is 1.65 bits per heavy atom. The molecule has 3 fully saturated rings. The summed E-state index contributed by atoms with van der Waals surface area (Å²) in [6.45, 7) is 12.5. The molecule has 2 aliphatic carbocycles. The first-order valence-electron chi connectivity index (χ1n) is 14.6. The van der Waals surface area contributed by atoms with E-state index in [1.165, 1.54) is 6.92 Å². The van der Waals surface area contributed by atoms with Crippen LogP contribution in [0.25, 0.3) is 11.1 Å². The van der Waals surface area contributed by atoms with Gasteiger partial charge in [-0.3, -0.25) is 9.59 Å². The largest absolute Gasteiger partial charge is 0.485 e. The highest BCUT2D eigenvalue weighted by molar-refractivity contribution is 6.51. The van der Waals surface area contributed by atoms with Crippen LogP contribution in [-0.2, 0) is 14.1 Å². The number of benzene rings is 2. The molecule has 1 saturated heterocycles. The van der Waals surface area contributed by atoms with Gasteiger partial charge in [-0.1, -0.05) is 70.2 Å². The molecule has 3 N–H and O–H groups in total. The van der Waals surface area contributed by atoms with E-state index in [4.69, 9.17) is 9.31 Å². The fourth-order valence-electron chi connectivity index (χ4n) is 6.95. The zero-order chi connectivity index (χ0) is 28.9. The molecule has 8 heteroatoms. The van der Waals surface area contributed by atoms with Gasteiger partial charge in [-0.2, -0.15) is 0 Å². The van der Waals surface area contributed by atoms with E-state index in [1.54, 1.807) is 12.1 Å². The number of carbonyl (C=O) groups is 2. The van der Waals surface area contributed by atoms with E-state index in [0.29, 0.717) is 11.5 Å². The molecule has 2 aromatic carbocycles. The maximum absolute atomic E-state index is 13.7. The van der Waals surface area contributed by atoms with Gasteiger partial charge >= 0.3 is 7.12 Å². The molecular formula is C32H43BN2O5. The Morgan fingerprint density at radius 1 is 1.00 bits per heavy atom. The number of aliphatic hydroxyl groups excluding tert-OH is 1. The van der Waals surface area contributed by atoms with Crippen molar-refractivity contribution < 1.29 is 24.0 Å². The summed E-state index contributed by atoms with van der Waals surface area (Å²) in [5.74, 6) is -0.365. The van der Waals surface area contributed by atoms with Crippen molar-refractivity contribution in [3.05, 3.63) is 60.2 Å². The number of hydrogen-bond donors (Lipinski definition) is 3. The third-order valence-electron chi connectivity index (χ3n) is 9.20. The van der Waals surface area contributed by atoms with E-state index in [9.17, 15) is 14.7 Å². The van der Waals surface area contributed by atoms with Crippen LogP contribution in [0.2, 0.25) is 0 Å². The van der Waals surface area contributed by atoms with Crippen LogP contribution < -0.4 is 10.6 Å². The van der Waals surface area contributed by atoms with Crippen LogP contribution >= 0.6 is 0 Å². The van der Waals surface area contributed by atoms with Crippen LogP contribution in [0.3, 0.4) is 0 Å². The van der Waals surface area contributed by atoms with Gasteiger partial charge in [0.05, 0.1) is 23.2 Å². The third-order valence-corrected chi connectivity index (χ3v) is 9.20. The van der Waals surface area contributed by atoms with E-state index in [2.05, 4.69) is 45.3 Å². The zero-order valence-corrected chi connectivity index (χ0v) is 24.6. The minimum Gasteiger partial charge on any atom is -0.404 e. The minimum absolute atomic E-state index is 0.0150. The second-order valence-electron chi connectivity index (χ2n) is 13.5. The molecule has 2 unspecified atom stereocenters. The smallest absolute Gasteiger partial charge is 0.404 e. The van der Waals surface area contributed by atoms with Crippen molar-refractivity contribution in [1.82, 2.24) is 10.6 Å².